The minimum atomic E-state index is 0.833. The van der Waals surface area contributed by atoms with Crippen molar-refractivity contribution in [3.63, 3.8) is 0 Å². The summed E-state index contributed by atoms with van der Waals surface area (Å²) in [6, 6.07) is 12.6. The monoisotopic (exact) mass is 393 g/mol. The molecule has 1 aliphatic rings. The summed E-state index contributed by atoms with van der Waals surface area (Å²) in [4.78, 5) is 4.56. The highest BCUT2D eigenvalue weighted by Gasteiger charge is 2.20. The quantitative estimate of drug-likeness (QED) is 0.362. The molecule has 0 unspecified atom stereocenters. The lowest BCUT2D eigenvalue weighted by molar-refractivity contribution is 0.228. The van der Waals surface area contributed by atoms with Gasteiger partial charge in [-0.05, 0) is 67.0 Å². The third kappa shape index (κ3) is 7.17. The fourth-order valence-corrected chi connectivity index (χ4v) is 4.58. The third-order valence-electron chi connectivity index (χ3n) is 6.59. The minimum Gasteiger partial charge on any atom is -0.494 e. The van der Waals surface area contributed by atoms with E-state index in [-0.39, 0.29) is 0 Å². The summed E-state index contributed by atoms with van der Waals surface area (Å²) in [5, 5.41) is 0. The second-order valence-corrected chi connectivity index (χ2v) is 8.80. The maximum absolute atomic E-state index is 5.99. The second kappa shape index (κ2) is 12.0. The molecule has 2 heteroatoms. The number of rotatable bonds is 11. The third-order valence-corrected chi connectivity index (χ3v) is 6.59. The molecule has 0 N–H and O–H groups in total. The Balaban J connectivity index is 1.33. The van der Waals surface area contributed by atoms with E-state index in [0.29, 0.717) is 0 Å². The molecule has 29 heavy (non-hydrogen) atoms. The van der Waals surface area contributed by atoms with Crippen LogP contribution in [0.2, 0.25) is 0 Å². The van der Waals surface area contributed by atoms with Gasteiger partial charge >= 0.3 is 0 Å². The van der Waals surface area contributed by atoms with Crippen LogP contribution in [0.3, 0.4) is 0 Å². The van der Waals surface area contributed by atoms with Crippen LogP contribution >= 0.6 is 0 Å². The van der Waals surface area contributed by atoms with E-state index in [0.717, 1.165) is 41.9 Å². The Bertz CT molecular complexity index is 683. The Morgan fingerprint density at radius 2 is 1.52 bits per heavy atom. The first-order valence-electron chi connectivity index (χ1n) is 12.0. The van der Waals surface area contributed by atoms with Crippen molar-refractivity contribution >= 4 is 0 Å². The number of benzene rings is 1. The van der Waals surface area contributed by atoms with E-state index < -0.39 is 0 Å². The predicted octanol–water partition coefficient (Wildman–Crippen LogP) is 7.86. The lowest BCUT2D eigenvalue weighted by atomic mass is 9.78. The van der Waals surface area contributed by atoms with Gasteiger partial charge in [0, 0.05) is 11.8 Å². The molecular formula is C27H39NO. The molecule has 0 bridgehead atoms. The zero-order chi connectivity index (χ0) is 20.3. The zero-order valence-corrected chi connectivity index (χ0v) is 18.5. The van der Waals surface area contributed by atoms with E-state index >= 15 is 0 Å². The first-order chi connectivity index (χ1) is 14.3. The lowest BCUT2D eigenvalue weighted by Gasteiger charge is -2.28. The van der Waals surface area contributed by atoms with Gasteiger partial charge in [-0.2, -0.15) is 0 Å². The van der Waals surface area contributed by atoms with Crippen LogP contribution in [-0.2, 0) is 6.42 Å². The molecule has 1 fully saturated rings. The number of hydrogen-bond donors (Lipinski definition) is 0. The highest BCUT2D eigenvalue weighted by Crippen LogP contribution is 2.34. The average molecular weight is 394 g/mol. The summed E-state index contributed by atoms with van der Waals surface area (Å²) in [5.41, 5.74) is 3.45. The van der Waals surface area contributed by atoms with Crippen LogP contribution in [0.15, 0.2) is 42.6 Å². The van der Waals surface area contributed by atoms with E-state index in [1.807, 2.05) is 6.20 Å². The van der Waals surface area contributed by atoms with Gasteiger partial charge in [0.2, 0.25) is 0 Å². The van der Waals surface area contributed by atoms with Crippen molar-refractivity contribution in [2.24, 2.45) is 11.8 Å². The SMILES string of the molecule is CCCCCC1CCC(CCCOc2ccc(-c3ccc(CC)cn3)cc2)CC1. The van der Waals surface area contributed by atoms with Crippen molar-refractivity contribution in [2.45, 2.75) is 84.5 Å². The molecule has 0 atom stereocenters. The molecule has 1 aliphatic carbocycles. The molecule has 2 nitrogen and oxygen atoms in total. The minimum absolute atomic E-state index is 0.833. The van der Waals surface area contributed by atoms with Crippen LogP contribution in [0.25, 0.3) is 11.3 Å². The summed E-state index contributed by atoms with van der Waals surface area (Å²) in [5.74, 6) is 2.92. The number of nitrogens with zero attached hydrogens (tertiary/aromatic N) is 1. The summed E-state index contributed by atoms with van der Waals surface area (Å²) >= 11 is 0. The number of unbranched alkanes of at least 4 members (excludes halogenated alkanes) is 2. The first kappa shape index (κ1) is 21.9. The van der Waals surface area contributed by atoms with E-state index in [4.69, 9.17) is 4.74 Å². The van der Waals surface area contributed by atoms with Gasteiger partial charge < -0.3 is 4.74 Å². The maximum Gasteiger partial charge on any atom is 0.119 e. The standard InChI is InChI=1S/C27H39NO/c1-3-5-6-8-23-10-12-24(13-11-23)9-7-20-29-26-17-15-25(16-18-26)27-19-14-22(4-2)21-28-27/h14-19,21,23-24H,3-13,20H2,1-2H3. The van der Waals surface area contributed by atoms with Crippen molar-refractivity contribution < 1.29 is 4.74 Å². The van der Waals surface area contributed by atoms with Crippen LogP contribution < -0.4 is 4.74 Å². The Hall–Kier alpha value is -1.83. The molecule has 0 saturated heterocycles. The zero-order valence-electron chi connectivity index (χ0n) is 18.5. The van der Waals surface area contributed by atoms with E-state index in [1.165, 1.54) is 69.8 Å². The second-order valence-electron chi connectivity index (χ2n) is 8.80. The largest absolute Gasteiger partial charge is 0.494 e. The normalized spacial score (nSPS) is 19.2. The van der Waals surface area contributed by atoms with Crippen molar-refractivity contribution in [3.05, 3.63) is 48.2 Å². The van der Waals surface area contributed by atoms with E-state index in [2.05, 4.69) is 55.2 Å². The molecule has 0 amide bonds. The number of aryl methyl sites for hydroxylation is 1. The van der Waals surface area contributed by atoms with Crippen LogP contribution in [0.5, 0.6) is 5.75 Å². The first-order valence-corrected chi connectivity index (χ1v) is 12.0. The Labute approximate surface area is 178 Å². The summed E-state index contributed by atoms with van der Waals surface area (Å²) in [6.07, 6.45) is 17.0. The van der Waals surface area contributed by atoms with Gasteiger partial charge in [-0.1, -0.05) is 71.3 Å². The van der Waals surface area contributed by atoms with Crippen molar-refractivity contribution in [2.75, 3.05) is 6.61 Å². The molecular weight excluding hydrogens is 354 g/mol. The summed E-state index contributed by atoms with van der Waals surface area (Å²) in [6.45, 7) is 5.29. The van der Waals surface area contributed by atoms with Crippen LogP contribution in [-0.4, -0.2) is 11.6 Å². The number of hydrogen-bond acceptors (Lipinski definition) is 2. The molecule has 0 aliphatic heterocycles. The Morgan fingerprint density at radius 1 is 0.828 bits per heavy atom. The molecule has 0 spiro atoms. The van der Waals surface area contributed by atoms with Gasteiger partial charge in [-0.25, -0.2) is 0 Å². The molecule has 3 rings (SSSR count). The molecule has 0 radical (unpaired) electrons. The summed E-state index contributed by atoms with van der Waals surface area (Å²) in [7, 11) is 0. The van der Waals surface area contributed by atoms with Gasteiger partial charge in [0.15, 0.2) is 0 Å². The molecule has 1 heterocycles. The van der Waals surface area contributed by atoms with Gasteiger partial charge in [0.25, 0.3) is 0 Å². The molecule has 1 aromatic heterocycles. The van der Waals surface area contributed by atoms with E-state index in [9.17, 15) is 0 Å². The van der Waals surface area contributed by atoms with Crippen LogP contribution in [0, 0.1) is 11.8 Å². The molecule has 1 aromatic carbocycles. The van der Waals surface area contributed by atoms with Crippen molar-refractivity contribution in [1.29, 1.82) is 0 Å². The van der Waals surface area contributed by atoms with Gasteiger partial charge in [-0.3, -0.25) is 4.98 Å². The van der Waals surface area contributed by atoms with Crippen LogP contribution in [0.1, 0.15) is 83.6 Å². The van der Waals surface area contributed by atoms with Gasteiger partial charge in [0.1, 0.15) is 5.75 Å². The number of aromatic nitrogens is 1. The van der Waals surface area contributed by atoms with Crippen LogP contribution in [0.4, 0.5) is 0 Å². The summed E-state index contributed by atoms with van der Waals surface area (Å²) < 4.78 is 5.99. The van der Waals surface area contributed by atoms with Gasteiger partial charge in [-0.15, -0.1) is 0 Å². The molecule has 2 aromatic rings. The van der Waals surface area contributed by atoms with Crippen molar-refractivity contribution in [3.8, 4) is 17.0 Å². The highest BCUT2D eigenvalue weighted by molar-refractivity contribution is 5.60. The topological polar surface area (TPSA) is 22.1 Å². The van der Waals surface area contributed by atoms with E-state index in [1.54, 1.807) is 0 Å². The average Bonchev–Trinajstić information content (AvgIpc) is 2.78. The lowest BCUT2D eigenvalue weighted by Crippen LogP contribution is -2.15. The van der Waals surface area contributed by atoms with Crippen molar-refractivity contribution in [1.82, 2.24) is 4.98 Å². The Kier molecular flexibility index (Phi) is 9.05. The van der Waals surface area contributed by atoms with Gasteiger partial charge in [0.05, 0.1) is 12.3 Å². The smallest absolute Gasteiger partial charge is 0.119 e. The highest BCUT2D eigenvalue weighted by atomic mass is 16.5. The molecule has 158 valence electrons. The Morgan fingerprint density at radius 3 is 2.10 bits per heavy atom. The number of pyridine rings is 1. The molecule has 1 saturated carbocycles. The fourth-order valence-electron chi connectivity index (χ4n) is 4.58. The fraction of sp³-hybridized carbons (Fsp3) is 0.593. The maximum atomic E-state index is 5.99. The predicted molar refractivity (Wildman–Crippen MR) is 123 cm³/mol. The number of ether oxygens (including phenoxy) is 1.